The van der Waals surface area contributed by atoms with Gasteiger partial charge in [0.2, 0.25) is 11.8 Å². The third-order valence-corrected chi connectivity index (χ3v) is 7.24. The summed E-state index contributed by atoms with van der Waals surface area (Å²) in [4.78, 5) is 44.2. The molecule has 1 aliphatic rings. The van der Waals surface area contributed by atoms with Gasteiger partial charge in [0.05, 0.1) is 5.69 Å². The van der Waals surface area contributed by atoms with Crippen LogP contribution >= 0.6 is 11.6 Å². The van der Waals surface area contributed by atoms with Gasteiger partial charge in [-0.15, -0.1) is 0 Å². The highest BCUT2D eigenvalue weighted by atomic mass is 35.5. The van der Waals surface area contributed by atoms with E-state index in [1.54, 1.807) is 23.1 Å². The number of carbonyl (C=O) groups excluding carboxylic acids is 3. The van der Waals surface area contributed by atoms with Crippen LogP contribution in [0.3, 0.4) is 0 Å². The summed E-state index contributed by atoms with van der Waals surface area (Å²) < 4.78 is 0. The van der Waals surface area contributed by atoms with E-state index in [0.717, 1.165) is 28.3 Å². The highest BCUT2D eigenvalue weighted by molar-refractivity contribution is 6.30. The van der Waals surface area contributed by atoms with Crippen molar-refractivity contribution in [2.45, 2.75) is 32.4 Å². The predicted octanol–water partition coefficient (Wildman–Crippen LogP) is 5.62. The van der Waals surface area contributed by atoms with Crippen LogP contribution in [0.5, 0.6) is 0 Å². The summed E-state index contributed by atoms with van der Waals surface area (Å²) in [6.07, 6.45) is 1.11. The molecule has 0 unspecified atom stereocenters. The lowest BCUT2D eigenvalue weighted by Crippen LogP contribution is -2.53. The van der Waals surface area contributed by atoms with Crippen molar-refractivity contribution in [2.75, 3.05) is 18.0 Å². The molecule has 1 heterocycles. The van der Waals surface area contributed by atoms with Crippen LogP contribution in [-0.4, -0.2) is 41.8 Å². The van der Waals surface area contributed by atoms with Crippen LogP contribution in [0, 0.1) is 0 Å². The van der Waals surface area contributed by atoms with E-state index in [-0.39, 0.29) is 30.8 Å². The van der Waals surface area contributed by atoms with Gasteiger partial charge in [0, 0.05) is 35.5 Å². The van der Waals surface area contributed by atoms with E-state index in [0.29, 0.717) is 29.2 Å². The molecule has 6 nitrogen and oxygen atoms in total. The number of anilines is 1. The van der Waals surface area contributed by atoms with Crippen molar-refractivity contribution in [3.05, 3.63) is 113 Å². The number of carbonyl (C=O) groups is 3. The van der Waals surface area contributed by atoms with Crippen molar-refractivity contribution in [3.63, 3.8) is 0 Å². The zero-order valence-electron chi connectivity index (χ0n) is 21.8. The normalized spacial score (nSPS) is 13.0. The predicted molar refractivity (Wildman–Crippen MR) is 155 cm³/mol. The molecule has 4 aromatic carbocycles. The van der Waals surface area contributed by atoms with Crippen molar-refractivity contribution in [1.82, 2.24) is 10.2 Å². The molecule has 198 valence electrons. The molecule has 5 rings (SSSR count). The van der Waals surface area contributed by atoms with Crippen LogP contribution in [-0.2, 0) is 22.6 Å². The Hall–Kier alpha value is -4.16. The van der Waals surface area contributed by atoms with Crippen molar-refractivity contribution < 1.29 is 14.4 Å². The summed E-state index contributed by atoms with van der Waals surface area (Å²) in [5.74, 6) is -0.761. The Labute approximate surface area is 233 Å². The van der Waals surface area contributed by atoms with Crippen LogP contribution in [0.2, 0.25) is 5.02 Å². The van der Waals surface area contributed by atoms with Gasteiger partial charge in [0.1, 0.15) is 12.6 Å². The zero-order valence-corrected chi connectivity index (χ0v) is 22.5. The minimum Gasteiger partial charge on any atom is -0.354 e. The van der Waals surface area contributed by atoms with E-state index < -0.39 is 6.04 Å². The molecule has 0 saturated carbocycles. The molecular formula is C32H30ClN3O3. The van der Waals surface area contributed by atoms with Crippen molar-refractivity contribution in [1.29, 1.82) is 0 Å². The molecule has 1 atom stereocenters. The maximum absolute atomic E-state index is 14.1. The molecule has 0 spiro atoms. The number of nitrogens with one attached hydrogen (secondary N) is 1. The second-order valence-corrected chi connectivity index (χ2v) is 10.2. The van der Waals surface area contributed by atoms with E-state index in [9.17, 15) is 14.4 Å². The molecule has 1 aliphatic heterocycles. The third kappa shape index (κ3) is 5.66. The Morgan fingerprint density at radius 3 is 2.38 bits per heavy atom. The SMILES string of the molecule is CCCNC(=O)[C@H](Cc1ccccc1)N(Cc1cccc(Cl)c1)C(=O)CN1C(=O)c2cccc3cccc1c23. The molecule has 0 aromatic heterocycles. The first kappa shape index (κ1) is 26.4. The Kier molecular flexibility index (Phi) is 7.94. The van der Waals surface area contributed by atoms with Gasteiger partial charge in [-0.1, -0.05) is 85.3 Å². The number of rotatable bonds is 10. The Balaban J connectivity index is 1.50. The second kappa shape index (κ2) is 11.7. The van der Waals surface area contributed by atoms with Crippen LogP contribution in [0.25, 0.3) is 10.8 Å². The van der Waals surface area contributed by atoms with Gasteiger partial charge in [-0.25, -0.2) is 0 Å². The quantitative estimate of drug-likeness (QED) is 0.284. The Morgan fingerprint density at radius 2 is 1.64 bits per heavy atom. The molecule has 39 heavy (non-hydrogen) atoms. The van der Waals surface area contributed by atoms with Gasteiger partial charge in [-0.05, 0) is 47.2 Å². The molecule has 0 saturated heterocycles. The van der Waals surface area contributed by atoms with Crippen molar-refractivity contribution in [2.24, 2.45) is 0 Å². The molecule has 1 N–H and O–H groups in total. The first-order valence-corrected chi connectivity index (χ1v) is 13.5. The average molecular weight is 540 g/mol. The molecule has 7 heteroatoms. The molecule has 0 bridgehead atoms. The maximum atomic E-state index is 14.1. The summed E-state index contributed by atoms with van der Waals surface area (Å²) in [6.45, 7) is 2.49. The van der Waals surface area contributed by atoms with E-state index in [4.69, 9.17) is 11.6 Å². The fourth-order valence-corrected chi connectivity index (χ4v) is 5.33. The van der Waals surface area contributed by atoms with Gasteiger partial charge < -0.3 is 10.2 Å². The number of hydrogen-bond acceptors (Lipinski definition) is 3. The van der Waals surface area contributed by atoms with Crippen LogP contribution in [0.4, 0.5) is 5.69 Å². The number of amides is 3. The van der Waals surface area contributed by atoms with Crippen molar-refractivity contribution >= 4 is 45.8 Å². The highest BCUT2D eigenvalue weighted by Gasteiger charge is 2.35. The van der Waals surface area contributed by atoms with Gasteiger partial charge in [0.25, 0.3) is 5.91 Å². The minimum absolute atomic E-state index is 0.176. The van der Waals surface area contributed by atoms with Gasteiger partial charge in [-0.3, -0.25) is 19.3 Å². The Morgan fingerprint density at radius 1 is 0.923 bits per heavy atom. The van der Waals surface area contributed by atoms with E-state index in [1.807, 2.05) is 79.7 Å². The first-order valence-electron chi connectivity index (χ1n) is 13.2. The number of halogens is 1. The lowest BCUT2D eigenvalue weighted by atomic mass is 10.0. The summed E-state index contributed by atoms with van der Waals surface area (Å²) in [5.41, 5.74) is 3.03. The topological polar surface area (TPSA) is 69.7 Å². The van der Waals surface area contributed by atoms with E-state index in [2.05, 4.69) is 5.32 Å². The monoisotopic (exact) mass is 539 g/mol. The largest absolute Gasteiger partial charge is 0.354 e. The molecule has 0 fully saturated rings. The standard InChI is InChI=1S/C32H30ClN3O3/c1-2-17-34-31(38)28(19-22-9-4-3-5-10-22)35(20-23-11-6-14-25(33)18-23)29(37)21-36-27-16-8-13-24-12-7-15-26(30(24)27)32(36)39/h3-16,18,28H,2,17,19-21H2,1H3,(H,34,38)/t28-/m0/s1. The molecule has 3 amide bonds. The minimum atomic E-state index is -0.777. The van der Waals surface area contributed by atoms with Crippen LogP contribution in [0.15, 0.2) is 91.0 Å². The van der Waals surface area contributed by atoms with Gasteiger partial charge in [0.15, 0.2) is 0 Å². The summed E-state index contributed by atoms with van der Waals surface area (Å²) in [6, 6.07) is 27.5. The van der Waals surface area contributed by atoms with Crippen LogP contribution in [0.1, 0.15) is 34.8 Å². The maximum Gasteiger partial charge on any atom is 0.259 e. The Bertz CT molecular complexity index is 1520. The third-order valence-electron chi connectivity index (χ3n) is 7.00. The fourth-order valence-electron chi connectivity index (χ4n) is 5.11. The lowest BCUT2D eigenvalue weighted by molar-refractivity contribution is -0.140. The molecule has 0 aliphatic carbocycles. The average Bonchev–Trinajstić information content (AvgIpc) is 3.22. The number of hydrogen-bond donors (Lipinski definition) is 1. The van der Waals surface area contributed by atoms with Gasteiger partial charge in [-0.2, -0.15) is 0 Å². The van der Waals surface area contributed by atoms with Crippen LogP contribution < -0.4 is 10.2 Å². The zero-order chi connectivity index (χ0) is 27.4. The molecule has 4 aromatic rings. The van der Waals surface area contributed by atoms with Crippen molar-refractivity contribution in [3.8, 4) is 0 Å². The first-order chi connectivity index (χ1) is 19.0. The fraction of sp³-hybridized carbons (Fsp3) is 0.219. The molecule has 0 radical (unpaired) electrons. The summed E-state index contributed by atoms with van der Waals surface area (Å²) in [7, 11) is 0. The summed E-state index contributed by atoms with van der Waals surface area (Å²) in [5, 5.41) is 5.32. The van der Waals surface area contributed by atoms with E-state index in [1.165, 1.54) is 4.90 Å². The van der Waals surface area contributed by atoms with Gasteiger partial charge >= 0.3 is 0 Å². The number of nitrogens with zero attached hydrogens (tertiary/aromatic N) is 2. The molecular weight excluding hydrogens is 510 g/mol. The smallest absolute Gasteiger partial charge is 0.259 e. The summed E-state index contributed by atoms with van der Waals surface area (Å²) >= 11 is 6.27. The number of benzene rings is 4. The second-order valence-electron chi connectivity index (χ2n) is 9.72. The van der Waals surface area contributed by atoms with E-state index >= 15 is 0 Å². The highest BCUT2D eigenvalue weighted by Crippen LogP contribution is 2.37. The lowest BCUT2D eigenvalue weighted by Gasteiger charge is -2.33.